The molecule has 21 heavy (non-hydrogen) atoms. The predicted octanol–water partition coefficient (Wildman–Crippen LogP) is 0.269. The van der Waals surface area contributed by atoms with Crippen molar-refractivity contribution in [2.45, 2.75) is 24.4 Å². The van der Waals surface area contributed by atoms with Crippen molar-refractivity contribution in [2.75, 3.05) is 19.6 Å². The molecule has 9 heteroatoms. The highest BCUT2D eigenvalue weighted by Gasteiger charge is 2.22. The highest BCUT2D eigenvalue weighted by molar-refractivity contribution is 7.89. The van der Waals surface area contributed by atoms with Gasteiger partial charge in [-0.05, 0) is 25.0 Å². The van der Waals surface area contributed by atoms with Crippen LogP contribution in [0.25, 0.3) is 0 Å². The lowest BCUT2D eigenvalue weighted by molar-refractivity contribution is -0.129. The van der Waals surface area contributed by atoms with E-state index in [1.165, 1.54) is 0 Å². The second kappa shape index (κ2) is 6.27. The minimum Gasteiger partial charge on any atom is -0.475 e. The number of sulfonamides is 1. The first-order valence-corrected chi connectivity index (χ1v) is 7.99. The highest BCUT2D eigenvalue weighted by atomic mass is 32.2. The fourth-order valence-electron chi connectivity index (χ4n) is 2.07. The number of furan rings is 1. The van der Waals surface area contributed by atoms with Crippen molar-refractivity contribution in [1.82, 2.24) is 9.62 Å². The zero-order chi connectivity index (χ0) is 15.5. The third kappa shape index (κ3) is 3.82. The standard InChI is InChI=1S/C12H16N2O6S/c15-10(14-7-1-2-8-14)5-6-13-21(18,19)11-4-3-9(20-11)12(16)17/h3-4,13H,1-2,5-8H2,(H,16,17). The molecule has 116 valence electrons. The van der Waals surface area contributed by atoms with E-state index >= 15 is 0 Å². The van der Waals surface area contributed by atoms with Gasteiger partial charge in [-0.15, -0.1) is 0 Å². The number of hydrogen-bond donors (Lipinski definition) is 2. The lowest BCUT2D eigenvalue weighted by Crippen LogP contribution is -2.32. The molecule has 0 unspecified atom stereocenters. The van der Waals surface area contributed by atoms with Crippen molar-refractivity contribution in [3.8, 4) is 0 Å². The molecule has 0 radical (unpaired) electrons. The number of carbonyl (C=O) groups is 2. The van der Waals surface area contributed by atoms with Crippen LogP contribution in [0.15, 0.2) is 21.6 Å². The van der Waals surface area contributed by atoms with Crippen molar-refractivity contribution >= 4 is 21.9 Å². The van der Waals surface area contributed by atoms with Gasteiger partial charge in [-0.25, -0.2) is 17.9 Å². The fraction of sp³-hybridized carbons (Fsp3) is 0.500. The summed E-state index contributed by atoms with van der Waals surface area (Å²) in [5.41, 5.74) is 0. The summed E-state index contributed by atoms with van der Waals surface area (Å²) in [7, 11) is -3.94. The number of carboxylic acid groups (broad SMARTS) is 1. The maximum absolute atomic E-state index is 11.8. The van der Waals surface area contributed by atoms with Gasteiger partial charge in [-0.1, -0.05) is 0 Å². The van der Waals surface area contributed by atoms with Crippen molar-refractivity contribution in [1.29, 1.82) is 0 Å². The molecule has 1 aliphatic heterocycles. The maximum atomic E-state index is 11.8. The molecule has 0 aromatic carbocycles. The first-order chi connectivity index (χ1) is 9.90. The van der Waals surface area contributed by atoms with Crippen LogP contribution in [0, 0.1) is 0 Å². The van der Waals surface area contributed by atoms with Gasteiger partial charge in [0.15, 0.2) is 0 Å². The molecule has 1 fully saturated rings. The first kappa shape index (κ1) is 15.5. The van der Waals surface area contributed by atoms with Gasteiger partial charge >= 0.3 is 5.97 Å². The molecule has 1 aromatic heterocycles. The van der Waals surface area contributed by atoms with Crippen LogP contribution in [-0.2, 0) is 14.8 Å². The van der Waals surface area contributed by atoms with E-state index in [-0.39, 0.29) is 18.9 Å². The molecule has 0 atom stereocenters. The molecular weight excluding hydrogens is 300 g/mol. The van der Waals surface area contributed by atoms with E-state index in [2.05, 4.69) is 4.72 Å². The number of likely N-dealkylation sites (tertiary alicyclic amines) is 1. The Hall–Kier alpha value is -1.87. The zero-order valence-corrected chi connectivity index (χ0v) is 12.1. The van der Waals surface area contributed by atoms with Crippen LogP contribution in [0.4, 0.5) is 0 Å². The Labute approximate surface area is 121 Å². The number of aromatic carboxylic acids is 1. The van der Waals surface area contributed by atoms with Gasteiger partial charge in [0.05, 0.1) is 0 Å². The first-order valence-electron chi connectivity index (χ1n) is 6.51. The van der Waals surface area contributed by atoms with Gasteiger partial charge in [-0.2, -0.15) is 0 Å². The normalized spacial score (nSPS) is 15.3. The number of rotatable bonds is 6. The second-order valence-corrected chi connectivity index (χ2v) is 6.36. The molecular formula is C12H16N2O6S. The van der Waals surface area contributed by atoms with Gasteiger partial charge in [0, 0.05) is 26.1 Å². The van der Waals surface area contributed by atoms with Gasteiger partial charge in [-0.3, -0.25) is 4.79 Å². The maximum Gasteiger partial charge on any atom is 0.371 e. The zero-order valence-electron chi connectivity index (χ0n) is 11.2. The molecule has 2 N–H and O–H groups in total. The summed E-state index contributed by atoms with van der Waals surface area (Å²) in [5, 5.41) is 8.20. The minimum absolute atomic E-state index is 0.0548. The number of carbonyl (C=O) groups excluding carboxylic acids is 1. The molecule has 2 heterocycles. The van der Waals surface area contributed by atoms with E-state index in [1.54, 1.807) is 4.90 Å². The monoisotopic (exact) mass is 316 g/mol. The SMILES string of the molecule is O=C(O)c1ccc(S(=O)(=O)NCCC(=O)N2CCCC2)o1. The summed E-state index contributed by atoms with van der Waals surface area (Å²) in [6.07, 6.45) is 2.01. The summed E-state index contributed by atoms with van der Waals surface area (Å²) >= 11 is 0. The van der Waals surface area contributed by atoms with Crippen LogP contribution < -0.4 is 4.72 Å². The Bertz CT molecular complexity index is 630. The molecule has 1 aromatic rings. The Morgan fingerprint density at radius 1 is 1.29 bits per heavy atom. The Morgan fingerprint density at radius 3 is 2.52 bits per heavy atom. The Morgan fingerprint density at radius 2 is 1.95 bits per heavy atom. The third-order valence-corrected chi connectivity index (χ3v) is 4.48. The molecule has 8 nitrogen and oxygen atoms in total. The topological polar surface area (TPSA) is 117 Å². The molecule has 0 aliphatic carbocycles. The quantitative estimate of drug-likeness (QED) is 0.778. The Balaban J connectivity index is 1.88. The van der Waals surface area contributed by atoms with Gasteiger partial charge < -0.3 is 14.4 Å². The number of nitrogens with zero attached hydrogens (tertiary/aromatic N) is 1. The number of hydrogen-bond acceptors (Lipinski definition) is 5. The Kier molecular flexibility index (Phi) is 4.63. The lowest BCUT2D eigenvalue weighted by Gasteiger charge is -2.14. The van der Waals surface area contributed by atoms with Crippen LogP contribution in [0.5, 0.6) is 0 Å². The number of carboxylic acids is 1. The van der Waals surface area contributed by atoms with E-state index < -0.39 is 26.8 Å². The number of nitrogens with one attached hydrogen (secondary N) is 1. The lowest BCUT2D eigenvalue weighted by atomic mass is 10.4. The van der Waals surface area contributed by atoms with Crippen molar-refractivity contribution in [2.24, 2.45) is 0 Å². The highest BCUT2D eigenvalue weighted by Crippen LogP contribution is 2.14. The van der Waals surface area contributed by atoms with Crippen LogP contribution >= 0.6 is 0 Å². The molecule has 0 spiro atoms. The van der Waals surface area contributed by atoms with E-state index in [0.717, 1.165) is 25.0 Å². The average molecular weight is 316 g/mol. The predicted molar refractivity (Wildman–Crippen MR) is 71.3 cm³/mol. The van der Waals surface area contributed by atoms with Crippen LogP contribution in [-0.4, -0.2) is 49.9 Å². The largest absolute Gasteiger partial charge is 0.475 e. The summed E-state index contributed by atoms with van der Waals surface area (Å²) in [5.74, 6) is -1.90. The second-order valence-electron chi connectivity index (χ2n) is 4.66. The average Bonchev–Trinajstić information content (AvgIpc) is 3.10. The van der Waals surface area contributed by atoms with Gasteiger partial charge in [0.2, 0.25) is 16.8 Å². The van der Waals surface area contributed by atoms with Crippen LogP contribution in [0.1, 0.15) is 29.8 Å². The molecule has 0 bridgehead atoms. The van der Waals surface area contributed by atoms with Gasteiger partial charge in [0.1, 0.15) is 0 Å². The van der Waals surface area contributed by atoms with E-state index in [1.807, 2.05) is 0 Å². The fourth-order valence-corrected chi connectivity index (χ4v) is 3.03. The van der Waals surface area contributed by atoms with Crippen molar-refractivity contribution in [3.05, 3.63) is 17.9 Å². The number of amides is 1. The summed E-state index contributed by atoms with van der Waals surface area (Å²) in [6, 6.07) is 2.13. The molecule has 1 saturated heterocycles. The van der Waals surface area contributed by atoms with Crippen LogP contribution in [0.3, 0.4) is 0 Å². The van der Waals surface area contributed by atoms with Crippen molar-refractivity contribution in [3.63, 3.8) is 0 Å². The molecule has 0 saturated carbocycles. The van der Waals surface area contributed by atoms with E-state index in [0.29, 0.717) is 13.1 Å². The summed E-state index contributed by atoms with van der Waals surface area (Å²) in [4.78, 5) is 24.1. The molecule has 2 rings (SSSR count). The smallest absolute Gasteiger partial charge is 0.371 e. The van der Waals surface area contributed by atoms with E-state index in [4.69, 9.17) is 9.52 Å². The third-order valence-electron chi connectivity index (χ3n) is 3.15. The molecule has 1 amide bonds. The summed E-state index contributed by atoms with van der Waals surface area (Å²) in [6.45, 7) is 1.37. The van der Waals surface area contributed by atoms with Crippen molar-refractivity contribution < 1.29 is 27.5 Å². The minimum atomic E-state index is -3.94. The van der Waals surface area contributed by atoms with Gasteiger partial charge in [0.25, 0.3) is 10.0 Å². The van der Waals surface area contributed by atoms with E-state index in [9.17, 15) is 18.0 Å². The van der Waals surface area contributed by atoms with Crippen LogP contribution in [0.2, 0.25) is 0 Å². The summed E-state index contributed by atoms with van der Waals surface area (Å²) < 4.78 is 30.6. The molecule has 1 aliphatic rings.